The van der Waals surface area contributed by atoms with E-state index < -0.39 is 11.9 Å². The fourth-order valence-corrected chi connectivity index (χ4v) is 4.43. The molecule has 0 saturated carbocycles. The first-order valence-corrected chi connectivity index (χ1v) is 10.5. The highest BCUT2D eigenvalue weighted by Crippen LogP contribution is 2.35. The van der Waals surface area contributed by atoms with Crippen LogP contribution in [0.2, 0.25) is 0 Å². The second kappa shape index (κ2) is 8.41. The smallest absolute Gasteiger partial charge is 0.161 e. The molecule has 1 N–H and O–H groups in total. The molecule has 30 heavy (non-hydrogen) atoms. The minimum atomic E-state index is -0.650. The summed E-state index contributed by atoms with van der Waals surface area (Å²) in [6.45, 7) is 3.36. The van der Waals surface area contributed by atoms with Crippen LogP contribution in [0.3, 0.4) is 0 Å². The van der Waals surface area contributed by atoms with Crippen molar-refractivity contribution >= 4 is 0 Å². The van der Waals surface area contributed by atoms with Crippen LogP contribution in [0.1, 0.15) is 12.8 Å². The van der Waals surface area contributed by atoms with Crippen LogP contribution < -0.4 is 14.2 Å². The van der Waals surface area contributed by atoms with Gasteiger partial charge in [-0.3, -0.25) is 4.90 Å². The fourth-order valence-electron chi connectivity index (χ4n) is 4.43. The summed E-state index contributed by atoms with van der Waals surface area (Å²) in [5, 5.41) is 10.4. The monoisotopic (exact) mass is 415 g/mol. The summed E-state index contributed by atoms with van der Waals surface area (Å²) in [7, 11) is 0. The lowest BCUT2D eigenvalue weighted by Gasteiger charge is -2.33. The number of benzene rings is 2. The van der Waals surface area contributed by atoms with Crippen LogP contribution in [0.25, 0.3) is 11.1 Å². The maximum absolute atomic E-state index is 14.2. The van der Waals surface area contributed by atoms with Crippen molar-refractivity contribution in [3.8, 4) is 28.4 Å². The number of hydrogen-bond acceptors (Lipinski definition) is 6. The van der Waals surface area contributed by atoms with Crippen molar-refractivity contribution in [2.45, 2.75) is 31.2 Å². The first-order valence-electron chi connectivity index (χ1n) is 10.5. The van der Waals surface area contributed by atoms with Gasteiger partial charge in [0.2, 0.25) is 0 Å². The molecule has 0 spiro atoms. The van der Waals surface area contributed by atoms with Crippen LogP contribution in [0.5, 0.6) is 17.2 Å². The third-order valence-corrected chi connectivity index (χ3v) is 5.78. The molecular formula is C23H26FNO5. The highest BCUT2D eigenvalue weighted by Gasteiger charge is 2.34. The van der Waals surface area contributed by atoms with Gasteiger partial charge in [-0.2, -0.15) is 0 Å². The number of likely N-dealkylation sites (tertiary alicyclic amines) is 1. The van der Waals surface area contributed by atoms with Gasteiger partial charge in [-0.15, -0.1) is 0 Å². The Labute approximate surface area is 175 Å². The molecule has 2 saturated heterocycles. The van der Waals surface area contributed by atoms with Crippen molar-refractivity contribution in [1.82, 2.24) is 4.90 Å². The zero-order valence-electron chi connectivity index (χ0n) is 16.8. The molecule has 160 valence electrons. The van der Waals surface area contributed by atoms with Crippen LogP contribution in [-0.2, 0) is 4.74 Å². The minimum Gasteiger partial charge on any atom is -0.491 e. The average Bonchev–Trinajstić information content (AvgIpc) is 3.09. The third kappa shape index (κ3) is 4.38. The molecule has 2 bridgehead atoms. The lowest BCUT2D eigenvalue weighted by Crippen LogP contribution is -2.46. The second-order valence-corrected chi connectivity index (χ2v) is 8.17. The van der Waals surface area contributed by atoms with Gasteiger partial charge >= 0.3 is 0 Å². The van der Waals surface area contributed by atoms with E-state index in [0.717, 1.165) is 31.5 Å². The lowest BCUT2D eigenvalue weighted by molar-refractivity contribution is -0.0528. The molecule has 0 radical (unpaired) electrons. The Kier molecular flexibility index (Phi) is 5.50. The van der Waals surface area contributed by atoms with E-state index in [1.54, 1.807) is 6.07 Å². The summed E-state index contributed by atoms with van der Waals surface area (Å²) < 4.78 is 36.9. The number of morpholine rings is 1. The number of aliphatic hydroxyl groups excluding tert-OH is 1. The van der Waals surface area contributed by atoms with Gasteiger partial charge in [-0.1, -0.05) is 6.07 Å². The van der Waals surface area contributed by atoms with Crippen molar-refractivity contribution in [1.29, 1.82) is 0 Å². The van der Waals surface area contributed by atoms with Crippen molar-refractivity contribution in [3.63, 3.8) is 0 Å². The van der Waals surface area contributed by atoms with Gasteiger partial charge in [0, 0.05) is 25.7 Å². The zero-order chi connectivity index (χ0) is 20.5. The van der Waals surface area contributed by atoms with E-state index >= 15 is 0 Å². The van der Waals surface area contributed by atoms with E-state index in [1.165, 1.54) is 12.1 Å². The Morgan fingerprint density at radius 2 is 1.77 bits per heavy atom. The van der Waals surface area contributed by atoms with E-state index in [9.17, 15) is 9.50 Å². The Balaban J connectivity index is 1.23. The highest BCUT2D eigenvalue weighted by molar-refractivity contribution is 5.68. The average molecular weight is 415 g/mol. The summed E-state index contributed by atoms with van der Waals surface area (Å²) >= 11 is 0. The van der Waals surface area contributed by atoms with Gasteiger partial charge in [-0.25, -0.2) is 4.39 Å². The largest absolute Gasteiger partial charge is 0.491 e. The van der Waals surface area contributed by atoms with Crippen LogP contribution >= 0.6 is 0 Å². The van der Waals surface area contributed by atoms with Gasteiger partial charge in [0.25, 0.3) is 0 Å². The molecule has 0 amide bonds. The number of rotatable bonds is 6. The molecule has 5 rings (SSSR count). The van der Waals surface area contributed by atoms with Crippen molar-refractivity contribution in [2.24, 2.45) is 0 Å². The van der Waals surface area contributed by atoms with E-state index in [-0.39, 0.29) is 18.8 Å². The number of aliphatic hydroxyl groups is 1. The molecule has 0 aromatic heterocycles. The summed E-state index contributed by atoms with van der Waals surface area (Å²) in [5.74, 6) is 1.34. The highest BCUT2D eigenvalue weighted by atomic mass is 19.1. The maximum atomic E-state index is 14.2. The second-order valence-electron chi connectivity index (χ2n) is 8.17. The van der Waals surface area contributed by atoms with Gasteiger partial charge in [-0.05, 0) is 48.2 Å². The zero-order valence-corrected chi connectivity index (χ0v) is 16.8. The number of halogens is 1. The first-order chi connectivity index (χ1) is 14.6. The normalized spacial score (nSPS) is 23.9. The predicted molar refractivity (Wildman–Crippen MR) is 109 cm³/mol. The van der Waals surface area contributed by atoms with E-state index in [2.05, 4.69) is 4.90 Å². The summed E-state index contributed by atoms with van der Waals surface area (Å²) in [6, 6.07) is 10.1. The van der Waals surface area contributed by atoms with E-state index in [0.29, 0.717) is 42.6 Å². The van der Waals surface area contributed by atoms with Crippen LogP contribution in [0.4, 0.5) is 4.39 Å². The first kappa shape index (κ1) is 19.6. The van der Waals surface area contributed by atoms with Crippen LogP contribution in [0, 0.1) is 5.82 Å². The van der Waals surface area contributed by atoms with E-state index in [4.69, 9.17) is 18.9 Å². The molecule has 3 atom stereocenters. The summed E-state index contributed by atoms with van der Waals surface area (Å²) in [6.07, 6.45) is 2.12. The van der Waals surface area contributed by atoms with E-state index in [1.807, 2.05) is 18.2 Å². The molecule has 0 aliphatic carbocycles. The predicted octanol–water partition coefficient (Wildman–Crippen LogP) is 2.87. The molecule has 3 aliphatic heterocycles. The number of hydrogen-bond donors (Lipinski definition) is 1. The number of nitrogens with zero attached hydrogens (tertiary/aromatic N) is 1. The topological polar surface area (TPSA) is 60.4 Å². The SMILES string of the molecule is OC(COc1cc(F)cc(-c2ccc3c(c2)OCCO3)c1)CN1C[C@H]2CC[C@@H](C1)O2. The van der Waals surface area contributed by atoms with Crippen LogP contribution in [0.15, 0.2) is 36.4 Å². The van der Waals surface area contributed by atoms with Gasteiger partial charge < -0.3 is 24.1 Å². The molecule has 2 fully saturated rings. The molecular weight excluding hydrogens is 389 g/mol. The van der Waals surface area contributed by atoms with Crippen LogP contribution in [-0.4, -0.2) is 67.8 Å². The maximum Gasteiger partial charge on any atom is 0.161 e. The molecule has 6 nitrogen and oxygen atoms in total. The van der Waals surface area contributed by atoms with Crippen molar-refractivity contribution in [3.05, 3.63) is 42.2 Å². The molecule has 2 aromatic carbocycles. The Morgan fingerprint density at radius 3 is 2.57 bits per heavy atom. The molecule has 7 heteroatoms. The Bertz CT molecular complexity index is 895. The fraction of sp³-hybridized carbons (Fsp3) is 0.478. The molecule has 1 unspecified atom stereocenters. The standard InChI is InChI=1S/C23H26FNO5/c24-17-7-16(15-1-4-22-23(9-15)28-6-5-27-22)8-21(10-17)29-14-18(26)11-25-12-19-2-3-20(13-25)30-19/h1,4,7-10,18-20,26H,2-3,5-6,11-14H2/t18?,19-,20+. The Morgan fingerprint density at radius 1 is 1.00 bits per heavy atom. The van der Waals surface area contributed by atoms with Gasteiger partial charge in [0.15, 0.2) is 11.5 Å². The summed E-state index contributed by atoms with van der Waals surface area (Å²) in [4.78, 5) is 2.23. The lowest BCUT2D eigenvalue weighted by atomic mass is 10.0. The van der Waals surface area contributed by atoms with Gasteiger partial charge in [0.05, 0.1) is 12.2 Å². The summed E-state index contributed by atoms with van der Waals surface area (Å²) in [5.41, 5.74) is 1.49. The van der Waals surface area contributed by atoms with Gasteiger partial charge in [0.1, 0.15) is 37.5 Å². The molecule has 2 aromatic rings. The van der Waals surface area contributed by atoms with Crippen molar-refractivity contribution < 1.29 is 28.4 Å². The minimum absolute atomic E-state index is 0.108. The van der Waals surface area contributed by atoms with Crippen molar-refractivity contribution in [2.75, 3.05) is 39.5 Å². The third-order valence-electron chi connectivity index (χ3n) is 5.78. The number of ether oxygens (including phenoxy) is 4. The Hall–Kier alpha value is -2.35. The molecule has 3 heterocycles. The quantitative estimate of drug-likeness (QED) is 0.783. The number of fused-ring (bicyclic) bond motifs is 3. The number of β-amino-alcohol motifs (C(OH)–C–C–N with tert-alkyl or cyclic N) is 1. The molecule has 3 aliphatic rings.